The number of hydrogen-bond donors (Lipinski definition) is 0. The Hall–Kier alpha value is -6.22. The van der Waals surface area contributed by atoms with Crippen molar-refractivity contribution in [3.05, 3.63) is 188 Å². The van der Waals surface area contributed by atoms with Crippen molar-refractivity contribution in [3.8, 4) is 50.2 Å². The van der Waals surface area contributed by atoms with Gasteiger partial charge in [-0.25, -0.2) is 0 Å². The van der Waals surface area contributed by atoms with Gasteiger partial charge in [0.1, 0.15) is 0 Å². The van der Waals surface area contributed by atoms with E-state index in [-0.39, 0.29) is 0 Å². The van der Waals surface area contributed by atoms with Gasteiger partial charge in [-0.3, -0.25) is 0 Å². The Bertz CT molecular complexity index is 2840. The standard InChI is InChI=1S/C48H31NS/c1-2-9-32(10-3-1)36-11-8-12-37(29-36)39-23-27-46-43(30-39)41-13-4-6-15-45(41)49(46)40-25-21-34(22-26-40)33-17-19-35(20-18-33)38-24-28-48-44(31-38)42-14-5-7-16-47(42)50-48/h1-31H. The number of rotatable bonds is 5. The molecule has 0 saturated carbocycles. The first kappa shape index (κ1) is 28.8. The molecule has 0 bridgehead atoms. The van der Waals surface area contributed by atoms with Crippen LogP contribution in [-0.4, -0.2) is 4.57 Å². The van der Waals surface area contributed by atoms with E-state index in [9.17, 15) is 0 Å². The summed E-state index contributed by atoms with van der Waals surface area (Å²) in [5, 5.41) is 5.19. The van der Waals surface area contributed by atoms with E-state index in [0.29, 0.717) is 0 Å². The first-order valence-electron chi connectivity index (χ1n) is 17.1. The van der Waals surface area contributed by atoms with Crippen LogP contribution in [0.25, 0.3) is 92.2 Å². The maximum Gasteiger partial charge on any atom is 0.0541 e. The molecule has 0 amide bonds. The zero-order valence-corrected chi connectivity index (χ0v) is 28.1. The Balaban J connectivity index is 0.980. The lowest BCUT2D eigenvalue weighted by Gasteiger charge is -2.11. The second kappa shape index (κ2) is 11.7. The molecule has 0 unspecified atom stereocenters. The molecule has 0 aliphatic rings. The molecular weight excluding hydrogens is 623 g/mol. The Morgan fingerprint density at radius 3 is 1.56 bits per heavy atom. The topological polar surface area (TPSA) is 4.93 Å². The van der Waals surface area contributed by atoms with E-state index < -0.39 is 0 Å². The van der Waals surface area contributed by atoms with Crippen LogP contribution in [-0.2, 0) is 0 Å². The third-order valence-corrected chi connectivity index (χ3v) is 11.2. The van der Waals surface area contributed by atoms with Crippen LogP contribution in [0.4, 0.5) is 0 Å². The largest absolute Gasteiger partial charge is 0.309 e. The zero-order chi connectivity index (χ0) is 33.0. The van der Waals surface area contributed by atoms with Crippen molar-refractivity contribution < 1.29 is 0 Å². The van der Waals surface area contributed by atoms with E-state index in [2.05, 4.69) is 193 Å². The van der Waals surface area contributed by atoms with Crippen LogP contribution < -0.4 is 0 Å². The summed E-state index contributed by atoms with van der Waals surface area (Å²) in [6, 6.07) is 68.6. The molecule has 2 heteroatoms. The van der Waals surface area contributed by atoms with Gasteiger partial charge in [-0.05, 0) is 99.1 Å². The predicted molar refractivity (Wildman–Crippen MR) is 215 cm³/mol. The van der Waals surface area contributed by atoms with Crippen molar-refractivity contribution >= 4 is 53.3 Å². The van der Waals surface area contributed by atoms with Crippen LogP contribution in [0, 0.1) is 0 Å². The molecule has 0 radical (unpaired) electrons. The summed E-state index contributed by atoms with van der Waals surface area (Å²) in [4.78, 5) is 0. The third-order valence-electron chi connectivity index (χ3n) is 10.0. The van der Waals surface area contributed by atoms with E-state index in [0.717, 1.165) is 5.69 Å². The Labute approximate surface area is 295 Å². The van der Waals surface area contributed by atoms with Crippen LogP contribution in [0.2, 0.25) is 0 Å². The zero-order valence-electron chi connectivity index (χ0n) is 27.3. The second-order valence-corrected chi connectivity index (χ2v) is 14.0. The molecule has 0 fully saturated rings. The maximum absolute atomic E-state index is 2.39. The minimum atomic E-state index is 1.16. The molecular formula is C48H31NS. The Kier molecular flexibility index (Phi) is 6.75. The number of fused-ring (bicyclic) bond motifs is 6. The number of para-hydroxylation sites is 1. The molecule has 234 valence electrons. The van der Waals surface area contributed by atoms with E-state index in [1.807, 2.05) is 11.3 Å². The van der Waals surface area contributed by atoms with Crippen LogP contribution in [0.1, 0.15) is 0 Å². The number of aromatic nitrogens is 1. The Morgan fingerprint density at radius 2 is 0.760 bits per heavy atom. The molecule has 0 aliphatic heterocycles. The van der Waals surface area contributed by atoms with Crippen molar-refractivity contribution in [2.45, 2.75) is 0 Å². The minimum Gasteiger partial charge on any atom is -0.309 e. The van der Waals surface area contributed by atoms with Gasteiger partial charge in [0.05, 0.1) is 11.0 Å². The lowest BCUT2D eigenvalue weighted by molar-refractivity contribution is 1.18. The molecule has 0 atom stereocenters. The summed E-state index contributed by atoms with van der Waals surface area (Å²) in [5.41, 5.74) is 13.4. The number of benzene rings is 8. The van der Waals surface area contributed by atoms with Crippen molar-refractivity contribution in [2.75, 3.05) is 0 Å². The average molecular weight is 654 g/mol. The van der Waals surface area contributed by atoms with Gasteiger partial charge in [0.25, 0.3) is 0 Å². The summed E-state index contributed by atoms with van der Waals surface area (Å²) in [5.74, 6) is 0. The molecule has 2 aromatic heterocycles. The van der Waals surface area contributed by atoms with Gasteiger partial charge in [-0.1, -0.05) is 133 Å². The lowest BCUT2D eigenvalue weighted by atomic mass is 9.98. The average Bonchev–Trinajstić information content (AvgIpc) is 3.73. The van der Waals surface area contributed by atoms with E-state index in [1.54, 1.807) is 0 Å². The highest BCUT2D eigenvalue weighted by Gasteiger charge is 2.14. The highest BCUT2D eigenvalue weighted by Crippen LogP contribution is 2.38. The van der Waals surface area contributed by atoms with Crippen LogP contribution in [0.5, 0.6) is 0 Å². The quantitative estimate of drug-likeness (QED) is 0.174. The maximum atomic E-state index is 2.39. The second-order valence-electron chi connectivity index (χ2n) is 13.0. The number of hydrogen-bond acceptors (Lipinski definition) is 1. The van der Waals surface area contributed by atoms with E-state index in [4.69, 9.17) is 0 Å². The molecule has 50 heavy (non-hydrogen) atoms. The Morgan fingerprint density at radius 1 is 0.280 bits per heavy atom. The van der Waals surface area contributed by atoms with Gasteiger partial charge in [0.15, 0.2) is 0 Å². The molecule has 1 nitrogen and oxygen atoms in total. The van der Waals surface area contributed by atoms with E-state index >= 15 is 0 Å². The first-order valence-corrected chi connectivity index (χ1v) is 17.9. The third kappa shape index (κ3) is 4.84. The predicted octanol–water partition coefficient (Wildman–Crippen LogP) is 13.8. The van der Waals surface area contributed by atoms with Gasteiger partial charge in [0, 0.05) is 36.6 Å². The fourth-order valence-electron chi connectivity index (χ4n) is 7.50. The highest BCUT2D eigenvalue weighted by molar-refractivity contribution is 7.25. The fourth-order valence-corrected chi connectivity index (χ4v) is 8.59. The fraction of sp³-hybridized carbons (Fsp3) is 0. The minimum absolute atomic E-state index is 1.16. The summed E-state index contributed by atoms with van der Waals surface area (Å²) in [7, 11) is 0. The highest BCUT2D eigenvalue weighted by atomic mass is 32.1. The molecule has 10 aromatic rings. The number of nitrogens with zero attached hydrogens (tertiary/aromatic N) is 1. The van der Waals surface area contributed by atoms with Gasteiger partial charge in [0.2, 0.25) is 0 Å². The molecule has 0 N–H and O–H groups in total. The molecule has 2 heterocycles. The first-order chi connectivity index (χ1) is 24.8. The molecule has 8 aromatic carbocycles. The van der Waals surface area contributed by atoms with Gasteiger partial charge in [-0.2, -0.15) is 0 Å². The van der Waals surface area contributed by atoms with Gasteiger partial charge in [-0.15, -0.1) is 11.3 Å². The van der Waals surface area contributed by atoms with E-state index in [1.165, 1.54) is 86.5 Å². The SMILES string of the molecule is c1ccc(-c2cccc(-c3ccc4c(c3)c3ccccc3n4-c3ccc(-c4ccc(-c5ccc6sc7ccccc7c6c5)cc4)cc3)c2)cc1. The normalized spacial score (nSPS) is 11.6. The molecule has 10 rings (SSSR count). The summed E-state index contributed by atoms with van der Waals surface area (Å²) in [6.45, 7) is 0. The monoisotopic (exact) mass is 653 g/mol. The van der Waals surface area contributed by atoms with Crippen LogP contribution >= 0.6 is 11.3 Å². The molecule has 0 aliphatic carbocycles. The molecule has 0 spiro atoms. The van der Waals surface area contributed by atoms with Crippen molar-refractivity contribution in [1.82, 2.24) is 4.57 Å². The van der Waals surface area contributed by atoms with Gasteiger partial charge >= 0.3 is 0 Å². The lowest BCUT2D eigenvalue weighted by Crippen LogP contribution is -1.93. The number of thiophene rings is 1. The van der Waals surface area contributed by atoms with Crippen molar-refractivity contribution in [3.63, 3.8) is 0 Å². The molecule has 0 saturated heterocycles. The van der Waals surface area contributed by atoms with Gasteiger partial charge < -0.3 is 4.57 Å². The van der Waals surface area contributed by atoms with Crippen molar-refractivity contribution in [1.29, 1.82) is 0 Å². The van der Waals surface area contributed by atoms with Crippen LogP contribution in [0.3, 0.4) is 0 Å². The summed E-state index contributed by atoms with van der Waals surface area (Å²) in [6.07, 6.45) is 0. The van der Waals surface area contributed by atoms with Crippen LogP contribution in [0.15, 0.2) is 188 Å². The smallest absolute Gasteiger partial charge is 0.0541 e. The summed E-state index contributed by atoms with van der Waals surface area (Å²) < 4.78 is 5.07. The van der Waals surface area contributed by atoms with Crippen molar-refractivity contribution in [2.24, 2.45) is 0 Å². The summed E-state index contributed by atoms with van der Waals surface area (Å²) >= 11 is 1.86.